The van der Waals surface area contributed by atoms with Gasteiger partial charge in [0.15, 0.2) is 5.25 Å². The van der Waals surface area contributed by atoms with Crippen LogP contribution in [-0.4, -0.2) is 19.7 Å². The zero-order valence-corrected chi connectivity index (χ0v) is 11.5. The van der Waals surface area contributed by atoms with Crippen molar-refractivity contribution in [3.8, 4) is 6.07 Å². The van der Waals surface area contributed by atoms with Crippen LogP contribution in [0.4, 0.5) is 0 Å². The molecule has 4 nitrogen and oxygen atoms in total. The topological polar surface area (TPSA) is 70.0 Å². The molecule has 1 rings (SSSR count). The summed E-state index contributed by atoms with van der Waals surface area (Å²) in [6.45, 7) is 3.81. The number of sulfonamides is 1. The van der Waals surface area contributed by atoms with Crippen molar-refractivity contribution in [2.24, 2.45) is 5.92 Å². The molecule has 0 aromatic rings. The predicted octanol–water partition coefficient (Wildman–Crippen LogP) is 2.18. The first kappa shape index (κ1) is 14.5. The van der Waals surface area contributed by atoms with Gasteiger partial charge in [-0.05, 0) is 25.2 Å². The average Bonchev–Trinajstić information content (AvgIpc) is 2.45. The van der Waals surface area contributed by atoms with Crippen LogP contribution in [0.15, 0.2) is 0 Å². The molecule has 1 aliphatic rings. The minimum absolute atomic E-state index is 0.00454. The maximum atomic E-state index is 12.0. The van der Waals surface area contributed by atoms with E-state index in [2.05, 4.69) is 11.6 Å². The Morgan fingerprint density at radius 1 is 1.35 bits per heavy atom. The van der Waals surface area contributed by atoms with Gasteiger partial charge in [0.2, 0.25) is 10.0 Å². The van der Waals surface area contributed by atoms with E-state index in [4.69, 9.17) is 5.26 Å². The summed E-state index contributed by atoms with van der Waals surface area (Å²) in [6, 6.07) is 1.87. The predicted molar refractivity (Wildman–Crippen MR) is 67.8 cm³/mol. The summed E-state index contributed by atoms with van der Waals surface area (Å²) in [4.78, 5) is 0. The number of nitrogens with zero attached hydrogens (tertiary/aromatic N) is 1. The van der Waals surface area contributed by atoms with Gasteiger partial charge >= 0.3 is 0 Å². The van der Waals surface area contributed by atoms with Gasteiger partial charge in [0, 0.05) is 6.04 Å². The quantitative estimate of drug-likeness (QED) is 0.786. The Bertz CT molecular complexity index is 372. The van der Waals surface area contributed by atoms with Gasteiger partial charge in [0.1, 0.15) is 0 Å². The van der Waals surface area contributed by atoms with Crippen LogP contribution in [0, 0.1) is 17.2 Å². The highest BCUT2D eigenvalue weighted by atomic mass is 32.2. The molecule has 0 amide bonds. The summed E-state index contributed by atoms with van der Waals surface area (Å²) in [5, 5.41) is 7.92. The molecule has 0 aromatic heterocycles. The van der Waals surface area contributed by atoms with Crippen LogP contribution < -0.4 is 4.72 Å². The summed E-state index contributed by atoms with van der Waals surface area (Å²) >= 11 is 0. The van der Waals surface area contributed by atoms with E-state index >= 15 is 0 Å². The lowest BCUT2D eigenvalue weighted by atomic mass is 9.98. The Labute approximate surface area is 104 Å². The van der Waals surface area contributed by atoms with Crippen molar-refractivity contribution < 1.29 is 8.42 Å². The molecule has 0 aliphatic heterocycles. The zero-order chi connectivity index (χ0) is 12.9. The Hall–Kier alpha value is -0.600. The van der Waals surface area contributed by atoms with Gasteiger partial charge in [-0.2, -0.15) is 5.26 Å². The van der Waals surface area contributed by atoms with E-state index < -0.39 is 15.3 Å². The van der Waals surface area contributed by atoms with E-state index in [1.54, 1.807) is 6.92 Å². The molecule has 5 heteroatoms. The first-order chi connectivity index (χ1) is 8.01. The smallest absolute Gasteiger partial charge is 0.211 e. The first-order valence-electron chi connectivity index (χ1n) is 6.42. The molecule has 17 heavy (non-hydrogen) atoms. The van der Waals surface area contributed by atoms with Gasteiger partial charge < -0.3 is 0 Å². The van der Waals surface area contributed by atoms with Crippen LogP contribution in [0.5, 0.6) is 0 Å². The molecular weight excluding hydrogens is 236 g/mol. The Kier molecular flexibility index (Phi) is 5.41. The zero-order valence-electron chi connectivity index (χ0n) is 10.6. The highest BCUT2D eigenvalue weighted by Crippen LogP contribution is 2.24. The fourth-order valence-corrected chi connectivity index (χ4v) is 3.86. The molecule has 98 valence electrons. The van der Waals surface area contributed by atoms with Crippen molar-refractivity contribution in [2.75, 3.05) is 0 Å². The van der Waals surface area contributed by atoms with Gasteiger partial charge in [-0.3, -0.25) is 0 Å². The van der Waals surface area contributed by atoms with Gasteiger partial charge in [0.25, 0.3) is 0 Å². The Balaban J connectivity index is 2.72. The fraction of sp³-hybridized carbons (Fsp3) is 0.917. The lowest BCUT2D eigenvalue weighted by Crippen LogP contribution is -2.43. The molecular formula is C12H22N2O2S. The third-order valence-electron chi connectivity index (χ3n) is 3.57. The molecule has 3 atom stereocenters. The van der Waals surface area contributed by atoms with Gasteiger partial charge in [-0.15, -0.1) is 0 Å². The minimum Gasteiger partial charge on any atom is -0.211 e. The molecule has 1 aliphatic carbocycles. The van der Waals surface area contributed by atoms with Crippen LogP contribution in [0.25, 0.3) is 0 Å². The van der Waals surface area contributed by atoms with E-state index in [1.165, 1.54) is 12.8 Å². The first-order valence-corrected chi connectivity index (χ1v) is 7.96. The fourth-order valence-electron chi connectivity index (χ4n) is 2.34. The largest absolute Gasteiger partial charge is 0.228 e. The molecule has 0 saturated heterocycles. The van der Waals surface area contributed by atoms with Crippen molar-refractivity contribution in [1.82, 2.24) is 4.72 Å². The molecule has 0 bridgehead atoms. The third-order valence-corrected chi connectivity index (χ3v) is 5.39. The van der Waals surface area contributed by atoms with Crippen LogP contribution in [0.1, 0.15) is 52.4 Å². The van der Waals surface area contributed by atoms with Gasteiger partial charge in [0.05, 0.1) is 6.07 Å². The van der Waals surface area contributed by atoms with E-state index in [9.17, 15) is 8.42 Å². The van der Waals surface area contributed by atoms with Crippen LogP contribution in [-0.2, 0) is 10.0 Å². The monoisotopic (exact) mass is 258 g/mol. The number of nitriles is 1. The molecule has 0 aromatic carbocycles. The number of hydrogen-bond acceptors (Lipinski definition) is 3. The highest BCUT2D eigenvalue weighted by molar-refractivity contribution is 7.90. The Morgan fingerprint density at radius 3 is 2.59 bits per heavy atom. The number of nitrogens with one attached hydrogen (secondary N) is 1. The molecule has 3 unspecified atom stereocenters. The van der Waals surface area contributed by atoms with E-state index in [0.717, 1.165) is 19.3 Å². The van der Waals surface area contributed by atoms with Crippen molar-refractivity contribution in [1.29, 1.82) is 5.26 Å². The highest BCUT2D eigenvalue weighted by Gasteiger charge is 2.29. The SMILES string of the molecule is CCC(C#N)S(=O)(=O)NC1CCCCCC1C. The van der Waals surface area contributed by atoms with Gasteiger partial charge in [-0.25, -0.2) is 13.1 Å². The molecule has 0 heterocycles. The maximum Gasteiger partial charge on any atom is 0.228 e. The Morgan fingerprint density at radius 2 is 2.00 bits per heavy atom. The standard InChI is InChI=1S/C12H22N2O2S/c1-3-11(9-13)17(15,16)14-12-8-6-4-5-7-10(12)2/h10-12,14H,3-8H2,1-2H3. The van der Waals surface area contributed by atoms with E-state index in [1.807, 2.05) is 6.07 Å². The summed E-state index contributed by atoms with van der Waals surface area (Å²) < 4.78 is 26.7. The van der Waals surface area contributed by atoms with Crippen molar-refractivity contribution in [3.63, 3.8) is 0 Å². The minimum atomic E-state index is -3.48. The summed E-state index contributed by atoms with van der Waals surface area (Å²) in [5.41, 5.74) is 0. The summed E-state index contributed by atoms with van der Waals surface area (Å²) in [6.07, 6.45) is 5.72. The molecule has 0 spiro atoms. The second-order valence-electron chi connectivity index (χ2n) is 4.91. The lowest BCUT2D eigenvalue weighted by Gasteiger charge is -2.23. The van der Waals surface area contributed by atoms with Crippen LogP contribution in [0.3, 0.4) is 0 Å². The van der Waals surface area contributed by atoms with Crippen LogP contribution >= 0.6 is 0 Å². The molecule has 1 saturated carbocycles. The number of hydrogen-bond donors (Lipinski definition) is 1. The second-order valence-corrected chi connectivity index (χ2v) is 6.81. The van der Waals surface area contributed by atoms with Crippen LogP contribution in [0.2, 0.25) is 0 Å². The summed E-state index contributed by atoms with van der Waals surface area (Å²) in [5.74, 6) is 0.364. The van der Waals surface area contributed by atoms with Crippen molar-refractivity contribution in [2.45, 2.75) is 63.7 Å². The molecule has 0 radical (unpaired) electrons. The van der Waals surface area contributed by atoms with Crippen molar-refractivity contribution >= 4 is 10.0 Å². The average molecular weight is 258 g/mol. The maximum absolute atomic E-state index is 12.0. The number of rotatable bonds is 4. The van der Waals surface area contributed by atoms with Gasteiger partial charge in [-0.1, -0.05) is 33.1 Å². The second kappa shape index (κ2) is 6.36. The molecule has 1 N–H and O–H groups in total. The van der Waals surface area contributed by atoms with Crippen molar-refractivity contribution in [3.05, 3.63) is 0 Å². The van der Waals surface area contributed by atoms with E-state index in [0.29, 0.717) is 12.3 Å². The van der Waals surface area contributed by atoms with E-state index in [-0.39, 0.29) is 6.04 Å². The molecule has 1 fully saturated rings. The summed E-state index contributed by atoms with van der Waals surface area (Å²) in [7, 11) is -3.48. The third kappa shape index (κ3) is 3.97. The lowest BCUT2D eigenvalue weighted by molar-refractivity contribution is 0.398. The normalized spacial score (nSPS) is 28.1.